The van der Waals surface area contributed by atoms with Crippen molar-refractivity contribution in [1.29, 1.82) is 0 Å². The van der Waals surface area contributed by atoms with E-state index in [0.717, 1.165) is 6.42 Å². The molecule has 13 heavy (non-hydrogen) atoms. The Morgan fingerprint density at radius 2 is 2.15 bits per heavy atom. The monoisotopic (exact) mass is 184 g/mol. The number of rotatable bonds is 1. The van der Waals surface area contributed by atoms with E-state index in [9.17, 15) is 4.79 Å². The van der Waals surface area contributed by atoms with Gasteiger partial charge >= 0.3 is 0 Å². The average Bonchev–Trinajstić information content (AvgIpc) is 2.08. The molecule has 2 bridgehead atoms. The molecule has 3 atom stereocenters. The van der Waals surface area contributed by atoms with Crippen molar-refractivity contribution < 1.29 is 9.53 Å². The van der Waals surface area contributed by atoms with Crippen LogP contribution in [0.1, 0.15) is 25.7 Å². The topological polar surface area (TPSA) is 78.3 Å². The van der Waals surface area contributed by atoms with Crippen molar-refractivity contribution in [3.63, 3.8) is 0 Å². The van der Waals surface area contributed by atoms with Crippen LogP contribution in [0.3, 0.4) is 0 Å². The highest BCUT2D eigenvalue weighted by molar-refractivity contribution is 5.91. The third kappa shape index (κ3) is 1.13. The van der Waals surface area contributed by atoms with Gasteiger partial charge in [0.15, 0.2) is 5.78 Å². The van der Waals surface area contributed by atoms with Crippen molar-refractivity contribution in [3.05, 3.63) is 0 Å². The Hall–Kier alpha value is -0.450. The largest absolute Gasteiger partial charge is 0.379 e. The highest BCUT2D eigenvalue weighted by Gasteiger charge is 2.56. The lowest BCUT2D eigenvalue weighted by molar-refractivity contribution is -0.141. The molecule has 3 aliphatic rings. The lowest BCUT2D eigenvalue weighted by Gasteiger charge is -2.52. The summed E-state index contributed by atoms with van der Waals surface area (Å²) in [6.07, 6.45) is 2.42. The molecular weight excluding hydrogens is 168 g/mol. The van der Waals surface area contributed by atoms with Gasteiger partial charge < -0.3 is 16.2 Å². The van der Waals surface area contributed by atoms with Gasteiger partial charge in [-0.1, -0.05) is 0 Å². The molecule has 74 valence electrons. The Labute approximate surface area is 77.6 Å². The number of carbonyl (C=O) groups is 1. The second-order valence-corrected chi connectivity index (χ2v) is 4.42. The Kier molecular flexibility index (Phi) is 1.77. The minimum Gasteiger partial charge on any atom is -0.379 e. The number of carbonyl (C=O) groups excluding carboxylic acids is 1. The zero-order chi connectivity index (χ0) is 9.69. The number of fused-ring (bicyclic) bond motifs is 3. The molecule has 0 aliphatic heterocycles. The molecule has 0 radical (unpaired) electrons. The van der Waals surface area contributed by atoms with Crippen molar-refractivity contribution in [2.75, 3.05) is 7.11 Å². The van der Waals surface area contributed by atoms with Crippen LogP contribution < -0.4 is 11.5 Å². The van der Waals surface area contributed by atoms with E-state index >= 15 is 0 Å². The fraction of sp³-hybridized carbons (Fsp3) is 0.889. The molecule has 0 aromatic rings. The molecule has 0 saturated heterocycles. The van der Waals surface area contributed by atoms with Crippen LogP contribution in [-0.2, 0) is 9.53 Å². The van der Waals surface area contributed by atoms with E-state index in [1.54, 1.807) is 7.11 Å². The van der Waals surface area contributed by atoms with Gasteiger partial charge in [0.05, 0.1) is 11.6 Å². The molecule has 0 heterocycles. The number of methoxy groups -OCH3 is 1. The van der Waals surface area contributed by atoms with Crippen LogP contribution in [0, 0.1) is 0 Å². The zero-order valence-corrected chi connectivity index (χ0v) is 7.88. The molecule has 4 N–H and O–H groups in total. The first-order chi connectivity index (χ1) is 6.00. The lowest BCUT2D eigenvalue weighted by Crippen LogP contribution is -2.71. The molecule has 3 fully saturated rings. The van der Waals surface area contributed by atoms with E-state index in [-0.39, 0.29) is 11.9 Å². The van der Waals surface area contributed by atoms with Gasteiger partial charge in [-0.3, -0.25) is 4.79 Å². The van der Waals surface area contributed by atoms with E-state index in [4.69, 9.17) is 16.2 Å². The van der Waals surface area contributed by atoms with Gasteiger partial charge in [-0.25, -0.2) is 0 Å². The summed E-state index contributed by atoms with van der Waals surface area (Å²) in [5.41, 5.74) is 11.0. The maximum Gasteiger partial charge on any atom is 0.154 e. The average molecular weight is 184 g/mol. The normalized spacial score (nSPS) is 49.8. The minimum absolute atomic E-state index is 0.0519. The summed E-state index contributed by atoms with van der Waals surface area (Å²) in [6, 6.07) is 0. The van der Waals surface area contributed by atoms with E-state index < -0.39 is 11.1 Å². The van der Waals surface area contributed by atoms with Crippen molar-refractivity contribution in [3.8, 4) is 0 Å². The van der Waals surface area contributed by atoms with Crippen LogP contribution in [-0.4, -0.2) is 30.1 Å². The predicted octanol–water partition coefficient (Wildman–Crippen LogP) is -0.447. The van der Waals surface area contributed by atoms with Crippen LogP contribution in [0.15, 0.2) is 0 Å². The van der Waals surface area contributed by atoms with E-state index in [1.165, 1.54) is 0 Å². The molecule has 4 nitrogen and oxygen atoms in total. The standard InChI is InChI=1S/C9H16N2O2/c1-13-7-5-8(10)2-3-9(7,11)4-6(8)12/h7H,2-5,10-11H2,1H3/t7-,8+,9+/m0/s1. The first-order valence-corrected chi connectivity index (χ1v) is 4.64. The van der Waals surface area contributed by atoms with Crippen LogP contribution in [0.25, 0.3) is 0 Å². The Morgan fingerprint density at radius 1 is 1.46 bits per heavy atom. The smallest absolute Gasteiger partial charge is 0.154 e. The summed E-state index contributed by atoms with van der Waals surface area (Å²) in [4.78, 5) is 11.6. The molecule has 0 unspecified atom stereocenters. The number of ketones is 1. The van der Waals surface area contributed by atoms with Crippen molar-refractivity contribution in [1.82, 2.24) is 0 Å². The van der Waals surface area contributed by atoms with Gasteiger partial charge in [0, 0.05) is 25.5 Å². The summed E-state index contributed by atoms with van der Waals surface area (Å²) < 4.78 is 5.28. The number of hydrogen-bond acceptors (Lipinski definition) is 4. The number of nitrogens with two attached hydrogens (primary N) is 2. The molecule has 0 aromatic carbocycles. The second kappa shape index (κ2) is 2.53. The van der Waals surface area contributed by atoms with Gasteiger partial charge in [0.25, 0.3) is 0 Å². The Balaban J connectivity index is 2.30. The Bertz CT molecular complexity index is 256. The molecule has 3 saturated carbocycles. The molecule has 0 aromatic heterocycles. The quantitative estimate of drug-likeness (QED) is 0.578. The molecule has 4 heteroatoms. The molecule has 0 amide bonds. The van der Waals surface area contributed by atoms with E-state index in [2.05, 4.69) is 0 Å². The number of Topliss-reactive ketones (excluding diaryl/α,β-unsaturated/α-hetero) is 1. The maximum absolute atomic E-state index is 11.6. The fourth-order valence-electron chi connectivity index (χ4n) is 2.50. The summed E-state index contributed by atoms with van der Waals surface area (Å²) in [5.74, 6) is 0.106. The van der Waals surface area contributed by atoms with Crippen molar-refractivity contribution in [2.45, 2.75) is 42.9 Å². The maximum atomic E-state index is 11.6. The molecule has 3 rings (SSSR count). The van der Waals surface area contributed by atoms with Crippen LogP contribution in [0.4, 0.5) is 0 Å². The van der Waals surface area contributed by atoms with Gasteiger partial charge in [0.1, 0.15) is 0 Å². The molecule has 0 spiro atoms. The summed E-state index contributed by atoms with van der Waals surface area (Å²) in [6.45, 7) is 0. The second-order valence-electron chi connectivity index (χ2n) is 4.42. The van der Waals surface area contributed by atoms with E-state index in [0.29, 0.717) is 19.3 Å². The fourth-order valence-corrected chi connectivity index (χ4v) is 2.50. The third-order valence-corrected chi connectivity index (χ3v) is 3.56. The summed E-state index contributed by atoms with van der Waals surface area (Å²) >= 11 is 0. The first kappa shape index (κ1) is 9.12. The summed E-state index contributed by atoms with van der Waals surface area (Å²) in [7, 11) is 1.63. The van der Waals surface area contributed by atoms with Gasteiger partial charge in [-0.05, 0) is 12.8 Å². The van der Waals surface area contributed by atoms with Crippen LogP contribution in [0.5, 0.6) is 0 Å². The number of ether oxygens (including phenoxy) is 1. The van der Waals surface area contributed by atoms with Gasteiger partial charge in [0.2, 0.25) is 0 Å². The first-order valence-electron chi connectivity index (χ1n) is 4.64. The lowest BCUT2D eigenvalue weighted by atomic mass is 9.60. The highest BCUT2D eigenvalue weighted by atomic mass is 16.5. The van der Waals surface area contributed by atoms with Crippen molar-refractivity contribution in [2.24, 2.45) is 11.5 Å². The molecule has 3 aliphatic carbocycles. The Morgan fingerprint density at radius 3 is 2.69 bits per heavy atom. The van der Waals surface area contributed by atoms with Crippen LogP contribution in [0.2, 0.25) is 0 Å². The SMILES string of the molecule is CO[C@H]1C[C@]2(N)CC[C@@]1(N)CC2=O. The zero-order valence-electron chi connectivity index (χ0n) is 7.88. The van der Waals surface area contributed by atoms with Gasteiger partial charge in [-0.2, -0.15) is 0 Å². The van der Waals surface area contributed by atoms with Gasteiger partial charge in [-0.15, -0.1) is 0 Å². The predicted molar refractivity (Wildman–Crippen MR) is 48.1 cm³/mol. The molecular formula is C9H16N2O2. The third-order valence-electron chi connectivity index (χ3n) is 3.56. The number of hydrogen-bond donors (Lipinski definition) is 2. The van der Waals surface area contributed by atoms with Crippen LogP contribution >= 0.6 is 0 Å². The van der Waals surface area contributed by atoms with Crippen molar-refractivity contribution >= 4 is 5.78 Å². The summed E-state index contributed by atoms with van der Waals surface area (Å²) in [5, 5.41) is 0. The van der Waals surface area contributed by atoms with E-state index in [1.807, 2.05) is 0 Å². The minimum atomic E-state index is -0.651. The highest BCUT2D eigenvalue weighted by Crippen LogP contribution is 2.43.